The third kappa shape index (κ3) is 6.14. The average Bonchev–Trinajstić information content (AvgIpc) is 2.72. The van der Waals surface area contributed by atoms with Gasteiger partial charge in [-0.25, -0.2) is 4.79 Å². The second-order valence-corrected chi connectivity index (χ2v) is 8.29. The van der Waals surface area contributed by atoms with Gasteiger partial charge in [0.1, 0.15) is 5.75 Å². The summed E-state index contributed by atoms with van der Waals surface area (Å²) in [6, 6.07) is 26.4. The summed E-state index contributed by atoms with van der Waals surface area (Å²) in [5, 5.41) is 8.66. The first-order valence-corrected chi connectivity index (χ1v) is 10.8. The minimum Gasteiger partial charge on any atom is -0.482 e. The van der Waals surface area contributed by atoms with Gasteiger partial charge in [0, 0.05) is 14.2 Å². The lowest BCUT2D eigenvalue weighted by molar-refractivity contribution is -0.139. The fourth-order valence-electron chi connectivity index (χ4n) is 2.65. The Bertz CT molecular complexity index is 936. The molecule has 0 aliphatic rings. The molecule has 3 nitrogen and oxygen atoms in total. The Hall–Kier alpha value is -2.25. The zero-order valence-corrected chi connectivity index (χ0v) is 18.0. The number of aliphatic carboxylic acids is 1. The molecule has 0 atom stereocenters. The van der Waals surface area contributed by atoms with E-state index < -0.39 is 5.97 Å². The van der Waals surface area contributed by atoms with Crippen LogP contribution in [0.2, 0.25) is 0 Å². The van der Waals surface area contributed by atoms with E-state index in [1.54, 1.807) is 23.9 Å². The number of halogens is 1. The lowest BCUT2D eigenvalue weighted by Gasteiger charge is -2.09. The summed E-state index contributed by atoms with van der Waals surface area (Å²) in [6.07, 6.45) is 2.25. The first kappa shape index (κ1) is 20.5. The van der Waals surface area contributed by atoms with Gasteiger partial charge in [0.15, 0.2) is 6.61 Å². The maximum Gasteiger partial charge on any atom is 0.341 e. The van der Waals surface area contributed by atoms with Gasteiger partial charge in [-0.15, -0.1) is 11.8 Å². The molecule has 3 aromatic rings. The molecule has 0 radical (unpaired) electrons. The number of benzene rings is 3. The summed E-state index contributed by atoms with van der Waals surface area (Å²) < 4.78 is 6.39. The number of carboxylic acid groups (broad SMARTS) is 1. The molecule has 28 heavy (non-hydrogen) atoms. The van der Waals surface area contributed by atoms with Crippen molar-refractivity contribution in [2.75, 3.05) is 12.4 Å². The van der Waals surface area contributed by atoms with Crippen LogP contribution in [0.1, 0.15) is 11.1 Å². The van der Waals surface area contributed by atoms with Gasteiger partial charge in [-0.3, -0.25) is 0 Å². The zero-order valence-electron chi connectivity index (χ0n) is 15.0. The van der Waals surface area contributed by atoms with E-state index >= 15 is 0 Å². The van der Waals surface area contributed by atoms with Gasteiger partial charge in [-0.2, -0.15) is 0 Å². The van der Waals surface area contributed by atoms with Crippen molar-refractivity contribution < 1.29 is 14.6 Å². The van der Waals surface area contributed by atoms with Crippen LogP contribution < -0.4 is 4.74 Å². The second kappa shape index (κ2) is 10.3. The Kier molecular flexibility index (Phi) is 7.56. The molecule has 0 saturated carbocycles. The first-order valence-electron chi connectivity index (χ1n) is 8.71. The van der Waals surface area contributed by atoms with Gasteiger partial charge < -0.3 is 9.84 Å². The molecule has 0 saturated heterocycles. The molecule has 0 aliphatic heterocycles. The van der Waals surface area contributed by atoms with Crippen LogP contribution in [0.3, 0.4) is 0 Å². The van der Waals surface area contributed by atoms with E-state index in [1.165, 1.54) is 20.3 Å². The fourth-order valence-corrected chi connectivity index (χ4v) is 3.78. The van der Waals surface area contributed by atoms with Crippen LogP contribution in [-0.2, 0) is 4.79 Å². The molecule has 142 valence electrons. The van der Waals surface area contributed by atoms with E-state index in [1.807, 2.05) is 18.2 Å². The molecule has 0 aromatic heterocycles. The number of rotatable bonds is 8. The van der Waals surface area contributed by atoms with E-state index in [9.17, 15) is 4.79 Å². The van der Waals surface area contributed by atoms with Gasteiger partial charge in [0.05, 0.1) is 0 Å². The number of carbonyl (C=O) groups is 1. The third-order valence-electron chi connectivity index (χ3n) is 3.96. The SMILES string of the molecule is O=C(O)COc1ccc(SC/C=C(/c2ccccc2)c2ccc(I)cc2)cc1. The van der Waals surface area contributed by atoms with Crippen molar-refractivity contribution in [3.8, 4) is 5.75 Å². The van der Waals surface area contributed by atoms with Crippen LogP contribution in [0.5, 0.6) is 5.75 Å². The smallest absolute Gasteiger partial charge is 0.341 e. The summed E-state index contributed by atoms with van der Waals surface area (Å²) in [5.74, 6) is 0.407. The van der Waals surface area contributed by atoms with Gasteiger partial charge in [-0.05, 0) is 75.7 Å². The lowest BCUT2D eigenvalue weighted by Crippen LogP contribution is -2.09. The Balaban J connectivity index is 1.71. The second-order valence-electron chi connectivity index (χ2n) is 5.96. The number of thioether (sulfide) groups is 1. The standard InChI is InChI=1S/C23H19IO3S/c24-19-8-6-18(7-9-19)22(17-4-2-1-3-5-17)14-15-28-21-12-10-20(11-13-21)27-16-23(25)26/h1-14H,15-16H2,(H,25,26)/b22-14-. The summed E-state index contributed by atoms with van der Waals surface area (Å²) in [6.45, 7) is -0.328. The molecule has 5 heteroatoms. The first-order chi connectivity index (χ1) is 13.6. The summed E-state index contributed by atoms with van der Waals surface area (Å²) in [5.41, 5.74) is 3.61. The van der Waals surface area contributed by atoms with Gasteiger partial charge in [0.2, 0.25) is 0 Å². The van der Waals surface area contributed by atoms with Crippen molar-refractivity contribution >= 4 is 45.9 Å². The fraction of sp³-hybridized carbons (Fsp3) is 0.0870. The molecule has 0 unspecified atom stereocenters. The Morgan fingerprint density at radius 3 is 2.21 bits per heavy atom. The zero-order chi connectivity index (χ0) is 19.8. The predicted octanol–water partition coefficient (Wildman–Crippen LogP) is 5.98. The highest BCUT2D eigenvalue weighted by atomic mass is 127. The Morgan fingerprint density at radius 2 is 1.57 bits per heavy atom. The van der Waals surface area contributed by atoms with E-state index in [0.717, 1.165) is 10.6 Å². The molecular formula is C23H19IO3S. The maximum absolute atomic E-state index is 10.6. The van der Waals surface area contributed by atoms with Crippen LogP contribution >= 0.6 is 34.4 Å². The Morgan fingerprint density at radius 1 is 0.929 bits per heavy atom. The topological polar surface area (TPSA) is 46.5 Å². The number of hydrogen-bond donors (Lipinski definition) is 1. The van der Waals surface area contributed by atoms with Crippen LogP contribution in [0.15, 0.2) is 89.8 Å². The number of ether oxygens (including phenoxy) is 1. The highest BCUT2D eigenvalue weighted by Gasteiger charge is 2.05. The van der Waals surface area contributed by atoms with Crippen molar-refractivity contribution in [1.29, 1.82) is 0 Å². The highest BCUT2D eigenvalue weighted by Crippen LogP contribution is 2.27. The summed E-state index contributed by atoms with van der Waals surface area (Å²) >= 11 is 4.04. The lowest BCUT2D eigenvalue weighted by atomic mass is 9.98. The molecular weight excluding hydrogens is 483 g/mol. The molecule has 3 rings (SSSR count). The van der Waals surface area contributed by atoms with Crippen molar-refractivity contribution in [2.45, 2.75) is 4.90 Å². The molecule has 0 heterocycles. The normalized spacial score (nSPS) is 11.2. The van der Waals surface area contributed by atoms with Crippen LogP contribution in [-0.4, -0.2) is 23.4 Å². The largest absolute Gasteiger partial charge is 0.482 e. The van der Waals surface area contributed by atoms with E-state index in [4.69, 9.17) is 9.84 Å². The minimum absolute atomic E-state index is 0.328. The van der Waals surface area contributed by atoms with Gasteiger partial charge in [-0.1, -0.05) is 48.5 Å². The molecule has 0 spiro atoms. The van der Waals surface area contributed by atoms with Crippen molar-refractivity contribution in [1.82, 2.24) is 0 Å². The van der Waals surface area contributed by atoms with Crippen molar-refractivity contribution in [2.24, 2.45) is 0 Å². The number of carboxylic acids is 1. The third-order valence-corrected chi connectivity index (χ3v) is 5.62. The van der Waals surface area contributed by atoms with Gasteiger partial charge in [0.25, 0.3) is 0 Å². The number of hydrogen-bond acceptors (Lipinski definition) is 3. The van der Waals surface area contributed by atoms with E-state index in [-0.39, 0.29) is 6.61 Å². The molecule has 0 amide bonds. The molecule has 0 aliphatic carbocycles. The molecule has 0 fully saturated rings. The van der Waals surface area contributed by atoms with Crippen molar-refractivity contribution in [3.63, 3.8) is 0 Å². The van der Waals surface area contributed by atoms with E-state index in [0.29, 0.717) is 5.75 Å². The molecule has 3 aromatic carbocycles. The summed E-state index contributed by atoms with van der Waals surface area (Å²) in [4.78, 5) is 11.7. The molecule has 0 bridgehead atoms. The monoisotopic (exact) mass is 502 g/mol. The minimum atomic E-state index is -0.979. The molecule has 1 N–H and O–H groups in total. The maximum atomic E-state index is 10.6. The summed E-state index contributed by atoms with van der Waals surface area (Å²) in [7, 11) is 0. The highest BCUT2D eigenvalue weighted by molar-refractivity contribution is 14.1. The van der Waals surface area contributed by atoms with Crippen LogP contribution in [0, 0.1) is 3.57 Å². The van der Waals surface area contributed by atoms with E-state index in [2.05, 4.69) is 77.2 Å². The van der Waals surface area contributed by atoms with Crippen LogP contribution in [0.25, 0.3) is 5.57 Å². The Labute approximate surface area is 182 Å². The average molecular weight is 502 g/mol. The van der Waals surface area contributed by atoms with Crippen molar-refractivity contribution in [3.05, 3.63) is 99.6 Å². The van der Waals surface area contributed by atoms with Gasteiger partial charge >= 0.3 is 5.97 Å². The van der Waals surface area contributed by atoms with Crippen LogP contribution in [0.4, 0.5) is 0 Å². The predicted molar refractivity (Wildman–Crippen MR) is 123 cm³/mol. The quantitative estimate of drug-likeness (QED) is 0.304.